The second-order valence-electron chi connectivity index (χ2n) is 10.9. The van der Waals surface area contributed by atoms with Crippen LogP contribution in [0.4, 0.5) is 15.3 Å². The summed E-state index contributed by atoms with van der Waals surface area (Å²) in [7, 11) is 0. The van der Waals surface area contributed by atoms with Crippen molar-refractivity contribution in [2.45, 2.75) is 50.7 Å². The monoisotopic (exact) mass is 528 g/mol. The molecule has 0 saturated carbocycles. The molecular formula is C31H32N2O6. The van der Waals surface area contributed by atoms with Crippen LogP contribution < -0.4 is 10.2 Å². The van der Waals surface area contributed by atoms with Crippen LogP contribution in [0, 0.1) is 0 Å². The molecule has 0 unspecified atom stereocenters. The third kappa shape index (κ3) is 5.46. The lowest BCUT2D eigenvalue weighted by Gasteiger charge is -2.25. The number of carboxylic acids is 1. The molecule has 2 N–H and O–H groups in total. The van der Waals surface area contributed by atoms with Crippen molar-refractivity contribution < 1.29 is 29.0 Å². The van der Waals surface area contributed by atoms with Crippen LogP contribution in [-0.2, 0) is 14.3 Å². The molecule has 2 aliphatic rings. The Bertz CT molecular complexity index is 1370. The lowest BCUT2D eigenvalue weighted by molar-refractivity contribution is -0.139. The highest BCUT2D eigenvalue weighted by Crippen LogP contribution is 2.44. The van der Waals surface area contributed by atoms with Crippen LogP contribution in [0.2, 0.25) is 0 Å². The van der Waals surface area contributed by atoms with E-state index in [1.807, 2.05) is 60.7 Å². The minimum atomic E-state index is -1.20. The van der Waals surface area contributed by atoms with Crippen LogP contribution >= 0.6 is 0 Å². The second-order valence-corrected chi connectivity index (χ2v) is 10.9. The first-order chi connectivity index (χ1) is 18.6. The van der Waals surface area contributed by atoms with Crippen LogP contribution in [0.15, 0.2) is 72.8 Å². The molecule has 0 bridgehead atoms. The number of carboxylic acid groups (broad SMARTS) is 1. The Labute approximate surface area is 227 Å². The lowest BCUT2D eigenvalue weighted by atomic mass is 9.94. The van der Waals surface area contributed by atoms with E-state index in [0.29, 0.717) is 5.69 Å². The largest absolute Gasteiger partial charge is 0.480 e. The zero-order chi connectivity index (χ0) is 27.7. The molecule has 202 valence electrons. The molecule has 0 radical (unpaired) electrons. The number of hydrogen-bond donors (Lipinski definition) is 2. The molecule has 0 aromatic heterocycles. The topological polar surface area (TPSA) is 105 Å². The summed E-state index contributed by atoms with van der Waals surface area (Å²) in [4.78, 5) is 39.3. The van der Waals surface area contributed by atoms with Gasteiger partial charge in [0.25, 0.3) is 0 Å². The molecule has 3 aromatic carbocycles. The highest BCUT2D eigenvalue weighted by atomic mass is 16.6. The number of amides is 2. The second kappa shape index (κ2) is 10.4. The molecule has 0 spiro atoms. The van der Waals surface area contributed by atoms with Crippen molar-refractivity contribution in [3.05, 3.63) is 89.5 Å². The molecule has 3 aromatic rings. The van der Waals surface area contributed by atoms with Crippen molar-refractivity contribution >= 4 is 23.8 Å². The highest BCUT2D eigenvalue weighted by Gasteiger charge is 2.37. The zero-order valence-corrected chi connectivity index (χ0v) is 22.2. The van der Waals surface area contributed by atoms with E-state index >= 15 is 0 Å². The van der Waals surface area contributed by atoms with Crippen molar-refractivity contribution in [2.24, 2.45) is 0 Å². The van der Waals surface area contributed by atoms with E-state index < -0.39 is 29.8 Å². The van der Waals surface area contributed by atoms with Gasteiger partial charge in [0.2, 0.25) is 0 Å². The molecule has 8 nitrogen and oxygen atoms in total. The average Bonchev–Trinajstić information content (AvgIpc) is 3.42. The van der Waals surface area contributed by atoms with Gasteiger partial charge >= 0.3 is 18.2 Å². The summed E-state index contributed by atoms with van der Waals surface area (Å²) in [5.41, 5.74) is 5.22. The normalized spacial score (nSPS) is 16.6. The van der Waals surface area contributed by atoms with E-state index in [1.54, 1.807) is 20.8 Å². The Morgan fingerprint density at radius 3 is 2.08 bits per heavy atom. The molecule has 39 heavy (non-hydrogen) atoms. The van der Waals surface area contributed by atoms with Gasteiger partial charge in [-0.3, -0.25) is 4.90 Å². The van der Waals surface area contributed by atoms with Crippen molar-refractivity contribution in [1.29, 1.82) is 0 Å². The van der Waals surface area contributed by atoms with Gasteiger partial charge in [0.05, 0.1) is 5.69 Å². The number of alkyl carbamates (subject to hydrolysis) is 1. The molecule has 1 aliphatic heterocycles. The molecule has 5 rings (SSSR count). The first-order valence-electron chi connectivity index (χ1n) is 13.1. The number of ether oxygens (including phenoxy) is 2. The SMILES string of the molecule is CC(C)(C)OC(=O)N1C[C@@H](C[C@H](NC(=O)OCC2c3ccccc3-c3ccccc32)C(=O)O)c2ccccc21. The minimum Gasteiger partial charge on any atom is -0.480 e. The van der Waals surface area contributed by atoms with Gasteiger partial charge in [0.15, 0.2) is 0 Å². The van der Waals surface area contributed by atoms with E-state index in [4.69, 9.17) is 9.47 Å². The molecule has 0 fully saturated rings. The van der Waals surface area contributed by atoms with Crippen LogP contribution in [0.1, 0.15) is 55.7 Å². The van der Waals surface area contributed by atoms with Crippen LogP contribution in [-0.4, -0.2) is 48.1 Å². The molecule has 2 amide bonds. The van der Waals surface area contributed by atoms with Crippen molar-refractivity contribution in [3.8, 4) is 11.1 Å². The van der Waals surface area contributed by atoms with Gasteiger partial charge in [-0.1, -0.05) is 66.7 Å². The first kappa shape index (κ1) is 26.3. The number of benzene rings is 3. The van der Waals surface area contributed by atoms with Gasteiger partial charge in [-0.2, -0.15) is 0 Å². The Morgan fingerprint density at radius 2 is 1.49 bits per heavy atom. The fourth-order valence-corrected chi connectivity index (χ4v) is 5.48. The van der Waals surface area contributed by atoms with Gasteiger partial charge in [0, 0.05) is 18.4 Å². The summed E-state index contributed by atoms with van der Waals surface area (Å²) in [5, 5.41) is 12.5. The number of hydrogen-bond acceptors (Lipinski definition) is 5. The summed E-state index contributed by atoms with van der Waals surface area (Å²) in [5.74, 6) is -1.60. The van der Waals surface area contributed by atoms with E-state index in [-0.39, 0.29) is 31.4 Å². The molecule has 2 atom stereocenters. The number of fused-ring (bicyclic) bond motifs is 4. The molecule has 1 heterocycles. The Hall–Kier alpha value is -4.33. The smallest absolute Gasteiger partial charge is 0.414 e. The summed E-state index contributed by atoms with van der Waals surface area (Å²) in [6.07, 6.45) is -1.19. The lowest BCUT2D eigenvalue weighted by Crippen LogP contribution is -2.43. The average molecular weight is 529 g/mol. The molecule has 8 heteroatoms. The third-order valence-corrected chi connectivity index (χ3v) is 7.14. The van der Waals surface area contributed by atoms with E-state index in [0.717, 1.165) is 27.8 Å². The van der Waals surface area contributed by atoms with Crippen molar-refractivity contribution in [3.63, 3.8) is 0 Å². The maximum Gasteiger partial charge on any atom is 0.414 e. The maximum atomic E-state index is 12.9. The number of nitrogens with one attached hydrogen (secondary N) is 1. The van der Waals surface area contributed by atoms with Crippen LogP contribution in [0.3, 0.4) is 0 Å². The van der Waals surface area contributed by atoms with Gasteiger partial charge < -0.3 is 19.9 Å². The Kier molecular flexibility index (Phi) is 7.04. The van der Waals surface area contributed by atoms with Gasteiger partial charge in [0.1, 0.15) is 18.2 Å². The fraction of sp³-hybridized carbons (Fsp3) is 0.323. The summed E-state index contributed by atoms with van der Waals surface area (Å²) >= 11 is 0. The number of carbonyl (C=O) groups excluding carboxylic acids is 2. The zero-order valence-electron chi connectivity index (χ0n) is 22.2. The predicted octanol–water partition coefficient (Wildman–Crippen LogP) is 5.91. The number of anilines is 1. The predicted molar refractivity (Wildman–Crippen MR) is 147 cm³/mol. The van der Waals surface area contributed by atoms with Crippen LogP contribution in [0.25, 0.3) is 11.1 Å². The summed E-state index contributed by atoms with van der Waals surface area (Å²) in [6.45, 7) is 5.73. The van der Waals surface area contributed by atoms with Gasteiger partial charge in [-0.15, -0.1) is 0 Å². The maximum absolute atomic E-state index is 12.9. The van der Waals surface area contributed by atoms with Gasteiger partial charge in [-0.25, -0.2) is 14.4 Å². The number of nitrogens with zero attached hydrogens (tertiary/aromatic N) is 1. The molecular weight excluding hydrogens is 496 g/mol. The fourth-order valence-electron chi connectivity index (χ4n) is 5.48. The number of carbonyl (C=O) groups is 3. The molecule has 1 aliphatic carbocycles. The number of para-hydroxylation sites is 1. The first-order valence-corrected chi connectivity index (χ1v) is 13.1. The highest BCUT2D eigenvalue weighted by molar-refractivity contribution is 5.91. The third-order valence-electron chi connectivity index (χ3n) is 7.14. The van der Waals surface area contributed by atoms with E-state index in [9.17, 15) is 19.5 Å². The summed E-state index contributed by atoms with van der Waals surface area (Å²) < 4.78 is 11.1. The Morgan fingerprint density at radius 1 is 0.923 bits per heavy atom. The Balaban J connectivity index is 1.26. The number of aliphatic carboxylic acids is 1. The van der Waals surface area contributed by atoms with E-state index in [2.05, 4.69) is 17.4 Å². The van der Waals surface area contributed by atoms with Crippen molar-refractivity contribution in [1.82, 2.24) is 5.32 Å². The number of rotatable bonds is 6. The quantitative estimate of drug-likeness (QED) is 0.412. The summed E-state index contributed by atoms with van der Waals surface area (Å²) in [6, 6.07) is 22.2. The van der Waals surface area contributed by atoms with E-state index in [1.165, 1.54) is 4.90 Å². The van der Waals surface area contributed by atoms with Crippen LogP contribution in [0.5, 0.6) is 0 Å². The molecule has 0 saturated heterocycles. The standard InChI is InChI=1S/C31H32N2O6/c1-31(2,3)39-30(37)33-17-19(20-10-8-9-15-27(20)33)16-26(28(34)35)32-29(36)38-18-25-23-13-6-4-11-21(23)22-12-5-7-14-24(22)25/h4-15,19,25-26H,16-18H2,1-3H3,(H,32,36)(H,34,35)/t19-,26+/m1/s1. The van der Waals surface area contributed by atoms with Gasteiger partial charge in [-0.05, 0) is 61.1 Å². The van der Waals surface area contributed by atoms with Crippen molar-refractivity contribution in [2.75, 3.05) is 18.1 Å². The minimum absolute atomic E-state index is 0.0882.